The molecule has 1 aliphatic heterocycles. The second-order valence-corrected chi connectivity index (χ2v) is 6.64. The van der Waals surface area contributed by atoms with Gasteiger partial charge in [-0.1, -0.05) is 13.8 Å². The van der Waals surface area contributed by atoms with Gasteiger partial charge >= 0.3 is 0 Å². The zero-order valence-corrected chi connectivity index (χ0v) is 14.7. The maximum Gasteiger partial charge on any atom is 0.244 e. The van der Waals surface area contributed by atoms with Crippen LogP contribution in [0, 0.1) is 17.1 Å². The number of nitrogens with two attached hydrogens (primary N) is 1. The number of ether oxygens (including phenoxy) is 1. The van der Waals surface area contributed by atoms with Crippen LogP contribution in [-0.4, -0.2) is 20.4 Å². The van der Waals surface area contributed by atoms with E-state index in [4.69, 9.17) is 10.5 Å². The van der Waals surface area contributed by atoms with E-state index in [0.717, 1.165) is 22.4 Å². The molecule has 0 saturated heterocycles. The lowest BCUT2D eigenvalue weighted by molar-refractivity contribution is 0.378. The molecule has 0 fully saturated rings. The van der Waals surface area contributed by atoms with Gasteiger partial charge in [0.25, 0.3) is 0 Å². The summed E-state index contributed by atoms with van der Waals surface area (Å²) in [5.74, 6) is -0.317. The number of nitrogens with one attached hydrogen (secondary N) is 2. The van der Waals surface area contributed by atoms with Crippen LogP contribution in [0.3, 0.4) is 0 Å². The zero-order chi connectivity index (χ0) is 19.1. The average Bonchev–Trinajstić information content (AvgIpc) is 3.28. The van der Waals surface area contributed by atoms with Gasteiger partial charge in [0.1, 0.15) is 17.5 Å². The lowest BCUT2D eigenvalue weighted by Crippen LogP contribution is -2.21. The van der Waals surface area contributed by atoms with Crippen LogP contribution in [-0.2, 0) is 0 Å². The van der Waals surface area contributed by atoms with Crippen molar-refractivity contribution >= 4 is 0 Å². The van der Waals surface area contributed by atoms with E-state index in [1.165, 1.54) is 12.1 Å². The molecule has 1 aliphatic rings. The van der Waals surface area contributed by atoms with E-state index in [1.54, 1.807) is 18.3 Å². The number of nitriles is 1. The monoisotopic (exact) mass is 364 g/mol. The van der Waals surface area contributed by atoms with Gasteiger partial charge in [-0.2, -0.15) is 10.4 Å². The zero-order valence-electron chi connectivity index (χ0n) is 14.7. The molecule has 0 bridgehead atoms. The first-order valence-corrected chi connectivity index (χ1v) is 8.46. The third-order valence-electron chi connectivity index (χ3n) is 4.66. The Balaban J connectivity index is 1.94. The first-order chi connectivity index (χ1) is 13.0. The summed E-state index contributed by atoms with van der Waals surface area (Å²) in [5, 5.41) is 24.1. The number of fused-ring (bicyclic) bond motifs is 1. The molecule has 2 aromatic heterocycles. The van der Waals surface area contributed by atoms with Gasteiger partial charge < -0.3 is 10.5 Å². The van der Waals surface area contributed by atoms with Crippen LogP contribution in [0.5, 0.6) is 5.88 Å². The van der Waals surface area contributed by atoms with Crippen LogP contribution < -0.4 is 10.5 Å². The molecule has 0 amide bonds. The summed E-state index contributed by atoms with van der Waals surface area (Å²) in [7, 11) is 0. The minimum absolute atomic E-state index is 0.0167. The Hall–Kier alpha value is -3.60. The Labute approximate surface area is 154 Å². The molecule has 8 heteroatoms. The first-order valence-electron chi connectivity index (χ1n) is 8.46. The highest BCUT2D eigenvalue weighted by Gasteiger charge is 2.37. The summed E-state index contributed by atoms with van der Waals surface area (Å²) in [6.45, 7) is 4.05. The first kappa shape index (κ1) is 16.8. The summed E-state index contributed by atoms with van der Waals surface area (Å²) in [5.41, 5.74) is 10.1. The highest BCUT2D eigenvalue weighted by atomic mass is 19.1. The maximum absolute atomic E-state index is 13.3. The molecule has 1 atom stereocenters. The van der Waals surface area contributed by atoms with Crippen molar-refractivity contribution in [3.63, 3.8) is 0 Å². The van der Waals surface area contributed by atoms with Gasteiger partial charge in [0.2, 0.25) is 11.8 Å². The van der Waals surface area contributed by atoms with Crippen molar-refractivity contribution in [2.45, 2.75) is 25.7 Å². The lowest BCUT2D eigenvalue weighted by Gasteiger charge is -2.24. The summed E-state index contributed by atoms with van der Waals surface area (Å²) in [4.78, 5) is 0. The van der Waals surface area contributed by atoms with Crippen LogP contribution >= 0.6 is 0 Å². The number of aromatic amines is 2. The Bertz CT molecular complexity index is 1070. The summed E-state index contributed by atoms with van der Waals surface area (Å²) in [6, 6.07) is 8.23. The second-order valence-electron chi connectivity index (χ2n) is 6.64. The fourth-order valence-electron chi connectivity index (χ4n) is 3.38. The number of H-pyrrole nitrogens is 2. The largest absolute Gasteiger partial charge is 0.420 e. The van der Waals surface area contributed by atoms with Crippen molar-refractivity contribution in [2.24, 2.45) is 5.73 Å². The average molecular weight is 364 g/mol. The molecule has 3 aromatic rings. The van der Waals surface area contributed by atoms with Crippen molar-refractivity contribution in [3.05, 3.63) is 64.6 Å². The highest BCUT2D eigenvalue weighted by Crippen LogP contribution is 2.46. The molecule has 7 nitrogen and oxygen atoms in total. The van der Waals surface area contributed by atoms with Crippen molar-refractivity contribution in [1.29, 1.82) is 5.26 Å². The topological polar surface area (TPSA) is 116 Å². The number of allylic oxidation sites excluding steroid dienone is 1. The maximum atomic E-state index is 13.3. The molecule has 1 aromatic carbocycles. The van der Waals surface area contributed by atoms with Crippen molar-refractivity contribution in [2.75, 3.05) is 0 Å². The SMILES string of the molecule is CC(C)c1[nH]nc2c1[C@@H](c1cn[nH]c1-c1ccc(F)cc1)C(C#N)=C(N)O2. The van der Waals surface area contributed by atoms with E-state index in [0.29, 0.717) is 11.6 Å². The summed E-state index contributed by atoms with van der Waals surface area (Å²) < 4.78 is 18.9. The predicted molar refractivity (Wildman–Crippen MR) is 96.0 cm³/mol. The predicted octanol–water partition coefficient (Wildman–Crippen LogP) is 3.28. The minimum Gasteiger partial charge on any atom is -0.420 e. The number of aromatic nitrogens is 4. The number of benzene rings is 1. The smallest absolute Gasteiger partial charge is 0.244 e. The van der Waals surface area contributed by atoms with Crippen LogP contribution in [0.2, 0.25) is 0 Å². The van der Waals surface area contributed by atoms with Crippen LogP contribution in [0.15, 0.2) is 41.9 Å². The molecule has 4 rings (SSSR count). The molecule has 0 aliphatic carbocycles. The second kappa shape index (κ2) is 6.29. The number of halogens is 1. The molecule has 3 heterocycles. The Kier molecular flexibility index (Phi) is 3.92. The van der Waals surface area contributed by atoms with Gasteiger partial charge in [-0.3, -0.25) is 10.2 Å². The quantitative estimate of drug-likeness (QED) is 0.659. The fourth-order valence-corrected chi connectivity index (χ4v) is 3.38. The van der Waals surface area contributed by atoms with Gasteiger partial charge in [-0.15, -0.1) is 5.10 Å². The van der Waals surface area contributed by atoms with Gasteiger partial charge in [-0.05, 0) is 30.2 Å². The molecule has 0 radical (unpaired) electrons. The van der Waals surface area contributed by atoms with Crippen molar-refractivity contribution < 1.29 is 9.13 Å². The summed E-state index contributed by atoms with van der Waals surface area (Å²) >= 11 is 0. The number of hydrogen-bond donors (Lipinski definition) is 3. The molecule has 0 saturated carbocycles. The third kappa shape index (κ3) is 2.64. The lowest BCUT2D eigenvalue weighted by atomic mass is 9.82. The molecular formula is C19H17FN6O. The molecular weight excluding hydrogens is 347 g/mol. The van der Waals surface area contributed by atoms with Crippen LogP contribution in [0.4, 0.5) is 4.39 Å². The summed E-state index contributed by atoms with van der Waals surface area (Å²) in [6.07, 6.45) is 1.65. The van der Waals surface area contributed by atoms with Crippen molar-refractivity contribution in [1.82, 2.24) is 20.4 Å². The standard InChI is InChI=1S/C19H17FN6O/c1-9(2)16-15-14(12(7-21)18(22)27-19(15)26-25-16)13-8-23-24-17(13)10-3-5-11(20)6-4-10/h3-6,8-9,14H,22H2,1-2H3,(H,23,24)(H,25,26)/t14-/m1/s1. The fraction of sp³-hybridized carbons (Fsp3) is 0.211. The van der Waals surface area contributed by atoms with Gasteiger partial charge in [0.05, 0.1) is 23.4 Å². The number of nitrogens with zero attached hydrogens (tertiary/aromatic N) is 3. The van der Waals surface area contributed by atoms with Gasteiger partial charge in [-0.25, -0.2) is 4.39 Å². The van der Waals surface area contributed by atoms with Gasteiger partial charge in [0, 0.05) is 16.8 Å². The van der Waals surface area contributed by atoms with E-state index in [9.17, 15) is 9.65 Å². The highest BCUT2D eigenvalue weighted by molar-refractivity contribution is 5.68. The normalized spacial score (nSPS) is 16.2. The van der Waals surface area contributed by atoms with E-state index in [1.807, 2.05) is 13.8 Å². The van der Waals surface area contributed by atoms with E-state index < -0.39 is 5.92 Å². The van der Waals surface area contributed by atoms with E-state index in [2.05, 4.69) is 26.5 Å². The molecule has 27 heavy (non-hydrogen) atoms. The number of rotatable bonds is 3. The van der Waals surface area contributed by atoms with Gasteiger partial charge in [0.15, 0.2) is 0 Å². The van der Waals surface area contributed by atoms with E-state index >= 15 is 0 Å². The molecule has 0 unspecified atom stereocenters. The minimum atomic E-state index is -0.492. The molecule has 0 spiro atoms. The Morgan fingerprint density at radius 1 is 1.26 bits per heavy atom. The Morgan fingerprint density at radius 2 is 2.00 bits per heavy atom. The van der Waals surface area contributed by atoms with Crippen LogP contribution in [0.25, 0.3) is 11.3 Å². The molecule has 4 N–H and O–H groups in total. The molecule has 136 valence electrons. The Morgan fingerprint density at radius 3 is 2.67 bits per heavy atom. The van der Waals surface area contributed by atoms with Crippen LogP contribution in [0.1, 0.15) is 42.5 Å². The van der Waals surface area contributed by atoms with Crippen molar-refractivity contribution in [3.8, 4) is 23.2 Å². The number of hydrogen-bond acceptors (Lipinski definition) is 5. The van der Waals surface area contributed by atoms with E-state index in [-0.39, 0.29) is 23.2 Å². The third-order valence-corrected chi connectivity index (χ3v) is 4.66.